The van der Waals surface area contributed by atoms with E-state index in [1.807, 2.05) is 12.3 Å². The minimum atomic E-state index is -4.84. The Bertz CT molecular complexity index is 1050. The highest BCUT2D eigenvalue weighted by Gasteiger charge is 2.31. The van der Waals surface area contributed by atoms with E-state index in [2.05, 4.69) is 14.4 Å². The fourth-order valence-corrected chi connectivity index (χ4v) is 4.00. The standard InChI is InChI=1S/C17H13F3N2O3S2/c1-11-21-16(10-26-11)14-4-2-3-5-15(14)22-27(23,24)13-8-6-12(7-9-13)25-17(18,19)20/h2-10,22H,1H3. The molecule has 1 aromatic heterocycles. The zero-order valence-corrected chi connectivity index (χ0v) is 15.5. The normalized spacial score (nSPS) is 12.0. The van der Waals surface area contributed by atoms with E-state index in [9.17, 15) is 21.6 Å². The summed E-state index contributed by atoms with van der Waals surface area (Å²) >= 11 is 1.43. The second-order valence-electron chi connectivity index (χ2n) is 5.42. The van der Waals surface area contributed by atoms with Gasteiger partial charge in [0.05, 0.1) is 21.3 Å². The average molecular weight is 414 g/mol. The van der Waals surface area contributed by atoms with Crippen LogP contribution in [0.15, 0.2) is 58.8 Å². The summed E-state index contributed by atoms with van der Waals surface area (Å²) in [6.45, 7) is 1.84. The van der Waals surface area contributed by atoms with Crippen LogP contribution < -0.4 is 9.46 Å². The number of aryl methyl sites for hydroxylation is 1. The van der Waals surface area contributed by atoms with Crippen LogP contribution in [-0.2, 0) is 10.0 Å². The number of hydrogen-bond donors (Lipinski definition) is 1. The molecule has 1 N–H and O–H groups in total. The van der Waals surface area contributed by atoms with Crippen molar-refractivity contribution in [1.82, 2.24) is 4.98 Å². The monoisotopic (exact) mass is 414 g/mol. The molecule has 142 valence electrons. The van der Waals surface area contributed by atoms with Gasteiger partial charge >= 0.3 is 6.36 Å². The lowest BCUT2D eigenvalue weighted by molar-refractivity contribution is -0.274. The van der Waals surface area contributed by atoms with Crippen molar-refractivity contribution in [1.29, 1.82) is 0 Å². The summed E-state index contributed by atoms with van der Waals surface area (Å²) in [5, 5.41) is 2.65. The number of para-hydroxylation sites is 1. The second-order valence-corrected chi connectivity index (χ2v) is 8.17. The van der Waals surface area contributed by atoms with Gasteiger partial charge in [-0.05, 0) is 37.3 Å². The topological polar surface area (TPSA) is 68.3 Å². The third-order valence-corrected chi connectivity index (χ3v) is 5.59. The van der Waals surface area contributed by atoms with Gasteiger partial charge in [-0.25, -0.2) is 13.4 Å². The largest absolute Gasteiger partial charge is 0.573 e. The number of aromatic nitrogens is 1. The van der Waals surface area contributed by atoms with Crippen molar-refractivity contribution in [3.05, 3.63) is 58.9 Å². The lowest BCUT2D eigenvalue weighted by atomic mass is 10.1. The van der Waals surface area contributed by atoms with Crippen molar-refractivity contribution in [2.75, 3.05) is 4.72 Å². The SMILES string of the molecule is Cc1nc(-c2ccccc2NS(=O)(=O)c2ccc(OC(F)(F)F)cc2)cs1. The Morgan fingerprint density at radius 3 is 2.33 bits per heavy atom. The van der Waals surface area contributed by atoms with E-state index in [-0.39, 0.29) is 4.90 Å². The van der Waals surface area contributed by atoms with E-state index < -0.39 is 22.1 Å². The molecule has 5 nitrogen and oxygen atoms in total. The predicted molar refractivity (Wildman–Crippen MR) is 96.2 cm³/mol. The molecular formula is C17H13F3N2O3S2. The van der Waals surface area contributed by atoms with Crippen molar-refractivity contribution in [3.8, 4) is 17.0 Å². The van der Waals surface area contributed by atoms with Gasteiger partial charge in [0.15, 0.2) is 0 Å². The quantitative estimate of drug-likeness (QED) is 0.650. The molecule has 2 aromatic carbocycles. The molecule has 0 unspecified atom stereocenters. The Labute approximate surface area is 157 Å². The fraction of sp³-hybridized carbons (Fsp3) is 0.118. The summed E-state index contributed by atoms with van der Waals surface area (Å²) < 4.78 is 68.0. The number of halogens is 3. The van der Waals surface area contributed by atoms with Crippen LogP contribution in [0.25, 0.3) is 11.3 Å². The predicted octanol–water partition coefficient (Wildman–Crippen LogP) is 4.82. The smallest absolute Gasteiger partial charge is 0.406 e. The van der Waals surface area contributed by atoms with E-state index in [1.165, 1.54) is 11.3 Å². The van der Waals surface area contributed by atoms with Crippen LogP contribution in [0.3, 0.4) is 0 Å². The van der Waals surface area contributed by atoms with Crippen molar-refractivity contribution in [2.45, 2.75) is 18.2 Å². The first kappa shape index (κ1) is 19.2. The van der Waals surface area contributed by atoms with Crippen LogP contribution in [0.5, 0.6) is 5.75 Å². The van der Waals surface area contributed by atoms with Crippen molar-refractivity contribution >= 4 is 27.0 Å². The highest BCUT2D eigenvalue weighted by atomic mass is 32.2. The van der Waals surface area contributed by atoms with Crippen LogP contribution in [0.1, 0.15) is 5.01 Å². The number of nitrogens with zero attached hydrogens (tertiary/aromatic N) is 1. The van der Waals surface area contributed by atoms with Gasteiger partial charge in [0.2, 0.25) is 0 Å². The maximum Gasteiger partial charge on any atom is 0.573 e. The molecule has 0 aliphatic carbocycles. The number of sulfonamides is 1. The number of hydrogen-bond acceptors (Lipinski definition) is 5. The molecule has 27 heavy (non-hydrogen) atoms. The summed E-state index contributed by atoms with van der Waals surface area (Å²) in [6, 6.07) is 10.7. The second kappa shape index (κ2) is 7.20. The minimum Gasteiger partial charge on any atom is -0.406 e. The summed E-state index contributed by atoms with van der Waals surface area (Å²) in [5.74, 6) is -0.500. The van der Waals surface area contributed by atoms with E-state index in [4.69, 9.17) is 0 Å². The van der Waals surface area contributed by atoms with Gasteiger partial charge in [-0.1, -0.05) is 18.2 Å². The molecule has 3 aromatic rings. The van der Waals surface area contributed by atoms with Gasteiger partial charge in [0.25, 0.3) is 10.0 Å². The third-order valence-electron chi connectivity index (χ3n) is 3.43. The highest BCUT2D eigenvalue weighted by molar-refractivity contribution is 7.92. The van der Waals surface area contributed by atoms with Gasteiger partial charge in [0, 0.05) is 10.9 Å². The maximum absolute atomic E-state index is 12.6. The summed E-state index contributed by atoms with van der Waals surface area (Å²) in [6.07, 6.45) is -4.84. The Hall–Kier alpha value is -2.59. The number of anilines is 1. The zero-order valence-electron chi connectivity index (χ0n) is 13.8. The third kappa shape index (κ3) is 4.77. The van der Waals surface area contributed by atoms with E-state index in [0.717, 1.165) is 29.3 Å². The maximum atomic E-state index is 12.6. The van der Waals surface area contributed by atoms with Crippen LogP contribution >= 0.6 is 11.3 Å². The number of ether oxygens (including phenoxy) is 1. The molecule has 10 heteroatoms. The number of thiazole rings is 1. The fourth-order valence-electron chi connectivity index (χ4n) is 2.31. The molecule has 0 radical (unpaired) electrons. The molecule has 0 bridgehead atoms. The summed E-state index contributed by atoms with van der Waals surface area (Å²) in [7, 11) is -4.01. The van der Waals surface area contributed by atoms with Gasteiger partial charge in [-0.3, -0.25) is 4.72 Å². The van der Waals surface area contributed by atoms with Crippen molar-refractivity contribution in [2.24, 2.45) is 0 Å². The first-order valence-electron chi connectivity index (χ1n) is 7.54. The summed E-state index contributed by atoms with van der Waals surface area (Å²) in [5.41, 5.74) is 1.55. The molecule has 0 amide bonds. The van der Waals surface area contributed by atoms with Crippen LogP contribution in [-0.4, -0.2) is 19.8 Å². The Morgan fingerprint density at radius 2 is 1.74 bits per heavy atom. The molecular weight excluding hydrogens is 401 g/mol. The van der Waals surface area contributed by atoms with Crippen molar-refractivity contribution in [3.63, 3.8) is 0 Å². The number of benzene rings is 2. The van der Waals surface area contributed by atoms with Crippen LogP contribution in [0.2, 0.25) is 0 Å². The van der Waals surface area contributed by atoms with Crippen LogP contribution in [0, 0.1) is 6.92 Å². The molecule has 3 rings (SSSR count). The van der Waals surface area contributed by atoms with Gasteiger partial charge in [-0.15, -0.1) is 24.5 Å². The number of rotatable bonds is 5. The van der Waals surface area contributed by atoms with Crippen LogP contribution in [0.4, 0.5) is 18.9 Å². The molecule has 0 saturated carbocycles. The summed E-state index contributed by atoms with van der Waals surface area (Å²) in [4.78, 5) is 4.16. The lowest BCUT2D eigenvalue weighted by Crippen LogP contribution is -2.17. The van der Waals surface area contributed by atoms with E-state index in [0.29, 0.717) is 16.9 Å². The Kier molecular flexibility index (Phi) is 5.11. The molecule has 0 fully saturated rings. The first-order valence-corrected chi connectivity index (χ1v) is 9.90. The zero-order chi connectivity index (χ0) is 19.7. The van der Waals surface area contributed by atoms with Gasteiger partial charge in [-0.2, -0.15) is 0 Å². The number of nitrogens with one attached hydrogen (secondary N) is 1. The van der Waals surface area contributed by atoms with Gasteiger partial charge < -0.3 is 4.74 Å². The van der Waals surface area contributed by atoms with E-state index >= 15 is 0 Å². The van der Waals surface area contributed by atoms with Crippen molar-refractivity contribution < 1.29 is 26.3 Å². The Morgan fingerprint density at radius 1 is 1.07 bits per heavy atom. The van der Waals surface area contributed by atoms with Gasteiger partial charge in [0.1, 0.15) is 5.75 Å². The molecule has 0 atom stereocenters. The molecule has 0 spiro atoms. The molecule has 1 heterocycles. The highest BCUT2D eigenvalue weighted by Crippen LogP contribution is 2.31. The average Bonchev–Trinajstić information content (AvgIpc) is 3.00. The number of alkyl halides is 3. The molecule has 0 aliphatic heterocycles. The molecule has 0 aliphatic rings. The Balaban J connectivity index is 1.87. The van der Waals surface area contributed by atoms with E-state index in [1.54, 1.807) is 24.3 Å². The lowest BCUT2D eigenvalue weighted by Gasteiger charge is -2.12. The minimum absolute atomic E-state index is 0.193. The molecule has 0 saturated heterocycles. The first-order chi connectivity index (χ1) is 12.6.